The molecule has 1 saturated heterocycles. The van der Waals surface area contributed by atoms with E-state index in [1.165, 1.54) is 17.0 Å². The van der Waals surface area contributed by atoms with Gasteiger partial charge in [-0.1, -0.05) is 36.4 Å². The highest BCUT2D eigenvalue weighted by Gasteiger charge is 2.49. The Morgan fingerprint density at radius 1 is 0.889 bits per heavy atom. The van der Waals surface area contributed by atoms with Crippen molar-refractivity contribution in [1.29, 1.82) is 0 Å². The Morgan fingerprint density at radius 3 is 2.00 bits per heavy atom. The lowest BCUT2D eigenvalue weighted by Gasteiger charge is -2.42. The summed E-state index contributed by atoms with van der Waals surface area (Å²) in [6, 6.07) is 11.3. The second-order valence-corrected chi connectivity index (χ2v) is 10.9. The molecule has 1 atom stereocenters. The summed E-state index contributed by atoms with van der Waals surface area (Å²) >= 11 is 0. The van der Waals surface area contributed by atoms with Crippen molar-refractivity contribution in [2.24, 2.45) is 0 Å². The van der Waals surface area contributed by atoms with Gasteiger partial charge in [-0.2, -0.15) is 26.3 Å². The van der Waals surface area contributed by atoms with Crippen LogP contribution in [0.1, 0.15) is 51.8 Å². The van der Waals surface area contributed by atoms with E-state index < -0.39 is 46.7 Å². The largest absolute Gasteiger partial charge is 0.416 e. The van der Waals surface area contributed by atoms with Crippen molar-refractivity contribution in [3.8, 4) is 11.3 Å². The van der Waals surface area contributed by atoms with Crippen LogP contribution in [0.3, 0.4) is 0 Å². The van der Waals surface area contributed by atoms with Crippen LogP contribution >= 0.6 is 0 Å². The number of halogens is 7. The predicted octanol–water partition coefficient (Wildman–Crippen LogP) is 7.14. The molecule has 0 saturated carbocycles. The average molecular weight is 633 g/mol. The standard InChI is InChI=1S/C32H27F7N4O2/c1-19-40-18-26(41-19)20-2-4-22(5-3-20)28(44)43-16-14-30(15-17-43,23-10-12-25(33)13-11-23)29(45)42-27(32(37,38)39)21-6-8-24(9-7-21)31(34,35)36/h2-13,18,27H,14-17H2,1H3,(H,40,41)(H,42,45). The number of H-pyrrole nitrogens is 1. The van der Waals surface area contributed by atoms with Crippen molar-refractivity contribution in [1.82, 2.24) is 20.2 Å². The van der Waals surface area contributed by atoms with Crippen LogP contribution in [0.25, 0.3) is 11.3 Å². The van der Waals surface area contributed by atoms with Crippen molar-refractivity contribution in [2.45, 2.75) is 43.6 Å². The Kier molecular flexibility index (Phi) is 8.47. The van der Waals surface area contributed by atoms with Crippen molar-refractivity contribution in [3.63, 3.8) is 0 Å². The molecule has 5 rings (SSSR count). The van der Waals surface area contributed by atoms with E-state index in [0.29, 0.717) is 29.8 Å². The molecule has 0 bridgehead atoms. The van der Waals surface area contributed by atoms with Crippen LogP contribution in [0.2, 0.25) is 0 Å². The number of aryl methyl sites for hydroxylation is 1. The fraction of sp³-hybridized carbons (Fsp3) is 0.281. The monoisotopic (exact) mass is 632 g/mol. The molecule has 1 aliphatic heterocycles. The zero-order valence-electron chi connectivity index (χ0n) is 23.8. The highest BCUT2D eigenvalue weighted by molar-refractivity contribution is 5.95. The molecule has 1 unspecified atom stereocenters. The number of benzene rings is 3. The van der Waals surface area contributed by atoms with Gasteiger partial charge < -0.3 is 15.2 Å². The summed E-state index contributed by atoms with van der Waals surface area (Å²) in [6.45, 7) is 1.81. The van der Waals surface area contributed by atoms with Gasteiger partial charge in [0.1, 0.15) is 11.6 Å². The lowest BCUT2D eigenvalue weighted by molar-refractivity contribution is -0.165. The first-order valence-electron chi connectivity index (χ1n) is 13.9. The second-order valence-electron chi connectivity index (χ2n) is 10.9. The van der Waals surface area contributed by atoms with E-state index in [-0.39, 0.29) is 37.4 Å². The van der Waals surface area contributed by atoms with Crippen molar-refractivity contribution < 1.29 is 40.3 Å². The fourth-order valence-corrected chi connectivity index (χ4v) is 5.54. The summed E-state index contributed by atoms with van der Waals surface area (Å²) in [5.41, 5.74) is -1.10. The number of rotatable bonds is 6. The number of aromatic amines is 1. The predicted molar refractivity (Wildman–Crippen MR) is 150 cm³/mol. The van der Waals surface area contributed by atoms with Gasteiger partial charge in [-0.15, -0.1) is 0 Å². The summed E-state index contributed by atoms with van der Waals surface area (Å²) in [7, 11) is 0. The van der Waals surface area contributed by atoms with E-state index in [1.54, 1.807) is 30.5 Å². The summed E-state index contributed by atoms with van der Waals surface area (Å²) in [5.74, 6) is -1.27. The van der Waals surface area contributed by atoms with Crippen molar-refractivity contribution in [3.05, 3.63) is 113 Å². The zero-order chi connectivity index (χ0) is 32.6. The quantitative estimate of drug-likeness (QED) is 0.222. The van der Waals surface area contributed by atoms with Crippen LogP contribution in [0, 0.1) is 12.7 Å². The van der Waals surface area contributed by atoms with Gasteiger partial charge in [0.2, 0.25) is 5.91 Å². The van der Waals surface area contributed by atoms with E-state index >= 15 is 0 Å². The van der Waals surface area contributed by atoms with Crippen LogP contribution in [-0.2, 0) is 16.4 Å². The van der Waals surface area contributed by atoms with Crippen LogP contribution in [-0.4, -0.2) is 45.9 Å². The molecular formula is C32H27F7N4O2. The highest BCUT2D eigenvalue weighted by Crippen LogP contribution is 2.40. The van der Waals surface area contributed by atoms with Gasteiger partial charge in [0.05, 0.1) is 22.9 Å². The van der Waals surface area contributed by atoms with Gasteiger partial charge in [0.25, 0.3) is 5.91 Å². The number of nitrogens with one attached hydrogen (secondary N) is 2. The minimum atomic E-state index is -5.04. The Hall–Kier alpha value is -4.68. The maximum Gasteiger partial charge on any atom is 0.416 e. The van der Waals surface area contributed by atoms with Gasteiger partial charge in [-0.3, -0.25) is 9.59 Å². The van der Waals surface area contributed by atoms with E-state index in [9.17, 15) is 40.3 Å². The molecule has 6 nitrogen and oxygen atoms in total. The summed E-state index contributed by atoms with van der Waals surface area (Å²) in [4.78, 5) is 35.9. The number of nitrogens with zero attached hydrogens (tertiary/aromatic N) is 2. The first-order chi connectivity index (χ1) is 21.2. The smallest absolute Gasteiger partial charge is 0.342 e. The Balaban J connectivity index is 1.38. The maximum absolute atomic E-state index is 14.2. The number of carbonyl (C=O) groups excluding carboxylic acids is 2. The molecule has 2 N–H and O–H groups in total. The molecule has 2 heterocycles. The maximum atomic E-state index is 14.2. The molecule has 1 aliphatic rings. The Morgan fingerprint density at radius 2 is 1.49 bits per heavy atom. The number of alkyl halides is 6. The number of carbonyl (C=O) groups is 2. The van der Waals surface area contributed by atoms with E-state index in [4.69, 9.17) is 0 Å². The highest BCUT2D eigenvalue weighted by atomic mass is 19.4. The third kappa shape index (κ3) is 6.71. The summed E-state index contributed by atoms with van der Waals surface area (Å²) in [5, 5.41) is 2.00. The lowest BCUT2D eigenvalue weighted by Crippen LogP contribution is -2.54. The first kappa shape index (κ1) is 31.7. The molecular weight excluding hydrogens is 605 g/mol. The number of piperidine rings is 1. The molecule has 4 aromatic rings. The molecule has 236 valence electrons. The molecule has 45 heavy (non-hydrogen) atoms. The van der Waals surface area contributed by atoms with E-state index in [2.05, 4.69) is 9.97 Å². The molecule has 1 fully saturated rings. The zero-order valence-corrected chi connectivity index (χ0v) is 23.8. The summed E-state index contributed by atoms with van der Waals surface area (Å²) < 4.78 is 95.4. The van der Waals surface area contributed by atoms with E-state index in [0.717, 1.165) is 29.2 Å². The van der Waals surface area contributed by atoms with Crippen LogP contribution in [0.15, 0.2) is 79.0 Å². The average Bonchev–Trinajstić information content (AvgIpc) is 3.45. The topological polar surface area (TPSA) is 78.1 Å². The second kappa shape index (κ2) is 12.0. The molecule has 0 spiro atoms. The minimum Gasteiger partial charge on any atom is -0.342 e. The fourth-order valence-electron chi connectivity index (χ4n) is 5.54. The Bertz CT molecular complexity index is 1650. The third-order valence-electron chi connectivity index (χ3n) is 8.06. The molecule has 3 aromatic carbocycles. The lowest BCUT2D eigenvalue weighted by atomic mass is 9.71. The number of imidazole rings is 1. The van der Waals surface area contributed by atoms with Crippen LogP contribution < -0.4 is 5.32 Å². The molecule has 13 heteroatoms. The normalized spacial score (nSPS) is 15.9. The number of likely N-dealkylation sites (tertiary alicyclic amines) is 1. The van der Waals surface area contributed by atoms with Gasteiger partial charge in [-0.05, 0) is 72.9 Å². The number of hydrogen-bond donors (Lipinski definition) is 2. The SMILES string of the molecule is Cc1ncc(-c2ccc(C(=O)N3CCC(C(=O)NC(c4ccc(C(F)(F)F)cc4)C(F)(F)F)(c4ccc(F)cc4)CC3)cc2)[nH]1. The van der Waals surface area contributed by atoms with Crippen molar-refractivity contribution >= 4 is 11.8 Å². The van der Waals surface area contributed by atoms with Gasteiger partial charge in [0.15, 0.2) is 6.04 Å². The number of hydrogen-bond acceptors (Lipinski definition) is 3. The van der Waals surface area contributed by atoms with E-state index in [1.807, 2.05) is 12.2 Å². The van der Waals surface area contributed by atoms with Crippen LogP contribution in [0.4, 0.5) is 30.7 Å². The Labute approximate surface area is 253 Å². The molecule has 2 amide bonds. The number of aromatic nitrogens is 2. The molecule has 0 aliphatic carbocycles. The van der Waals surface area contributed by atoms with Gasteiger partial charge >= 0.3 is 12.4 Å². The van der Waals surface area contributed by atoms with Gasteiger partial charge in [-0.25, -0.2) is 9.37 Å². The summed E-state index contributed by atoms with van der Waals surface area (Å²) in [6.07, 6.45) is -8.30. The molecule has 0 radical (unpaired) electrons. The van der Waals surface area contributed by atoms with Gasteiger partial charge in [0, 0.05) is 18.7 Å². The first-order valence-corrected chi connectivity index (χ1v) is 13.9. The number of amides is 2. The minimum absolute atomic E-state index is 0.00207. The van der Waals surface area contributed by atoms with Crippen LogP contribution in [0.5, 0.6) is 0 Å². The third-order valence-corrected chi connectivity index (χ3v) is 8.06. The van der Waals surface area contributed by atoms with Crippen molar-refractivity contribution in [2.75, 3.05) is 13.1 Å². The molecule has 1 aromatic heterocycles.